The zero-order valence-electron chi connectivity index (χ0n) is 14.8. The van der Waals surface area contributed by atoms with Crippen LogP contribution in [0.3, 0.4) is 0 Å². The van der Waals surface area contributed by atoms with Gasteiger partial charge in [0.25, 0.3) is 11.8 Å². The minimum atomic E-state index is -0.247. The molecule has 2 aliphatic heterocycles. The molecule has 1 aromatic rings. The number of methoxy groups -OCH3 is 1. The van der Waals surface area contributed by atoms with Gasteiger partial charge < -0.3 is 9.64 Å². The van der Waals surface area contributed by atoms with Crippen LogP contribution in [0.25, 0.3) is 5.57 Å². The van der Waals surface area contributed by atoms with Crippen molar-refractivity contribution in [1.82, 2.24) is 9.80 Å². The maximum absolute atomic E-state index is 12.9. The number of hydrogen-bond donors (Lipinski definition) is 0. The largest absolute Gasteiger partial charge is 0.497 e. The van der Waals surface area contributed by atoms with Crippen LogP contribution in [-0.2, 0) is 9.59 Å². The van der Waals surface area contributed by atoms with Crippen molar-refractivity contribution in [1.29, 1.82) is 0 Å². The normalized spacial score (nSPS) is 19.0. The van der Waals surface area contributed by atoms with Gasteiger partial charge in [0.15, 0.2) is 0 Å². The van der Waals surface area contributed by atoms with E-state index in [1.54, 1.807) is 13.2 Å². The van der Waals surface area contributed by atoms with Crippen molar-refractivity contribution in [2.24, 2.45) is 5.92 Å². The van der Waals surface area contributed by atoms with Crippen molar-refractivity contribution in [2.75, 3.05) is 26.7 Å². The average Bonchev–Trinajstić information content (AvgIpc) is 2.87. The van der Waals surface area contributed by atoms with E-state index in [-0.39, 0.29) is 18.4 Å². The van der Waals surface area contributed by atoms with Gasteiger partial charge in [0, 0.05) is 19.6 Å². The third kappa shape index (κ3) is 3.18. The SMILES string of the molecule is C=CCN1C(=O)C(c2ccc(OC)cc2)=C(N2CCC(C)CC2)C1=O. The molecule has 0 spiro atoms. The van der Waals surface area contributed by atoms with Crippen LogP contribution >= 0.6 is 0 Å². The molecular weight excluding hydrogens is 316 g/mol. The second kappa shape index (κ2) is 7.13. The Labute approximate surface area is 148 Å². The molecule has 0 N–H and O–H groups in total. The van der Waals surface area contributed by atoms with Crippen molar-refractivity contribution in [3.63, 3.8) is 0 Å². The lowest BCUT2D eigenvalue weighted by molar-refractivity contribution is -0.137. The molecule has 0 aromatic heterocycles. The van der Waals surface area contributed by atoms with Crippen LogP contribution in [0.1, 0.15) is 25.3 Å². The first-order valence-electron chi connectivity index (χ1n) is 8.67. The highest BCUT2D eigenvalue weighted by Crippen LogP contribution is 2.34. The fourth-order valence-corrected chi connectivity index (χ4v) is 3.40. The molecule has 2 aliphatic rings. The van der Waals surface area contributed by atoms with Gasteiger partial charge in [0.1, 0.15) is 11.4 Å². The third-order valence-electron chi connectivity index (χ3n) is 4.93. The minimum Gasteiger partial charge on any atom is -0.497 e. The van der Waals surface area contributed by atoms with E-state index >= 15 is 0 Å². The number of imide groups is 1. The molecule has 0 unspecified atom stereocenters. The van der Waals surface area contributed by atoms with E-state index < -0.39 is 0 Å². The lowest BCUT2D eigenvalue weighted by atomic mass is 9.97. The van der Waals surface area contributed by atoms with Gasteiger partial charge in [-0.2, -0.15) is 0 Å². The van der Waals surface area contributed by atoms with Gasteiger partial charge in [0.05, 0.1) is 12.7 Å². The summed E-state index contributed by atoms with van der Waals surface area (Å²) in [6.07, 6.45) is 3.65. The van der Waals surface area contributed by atoms with Crippen LogP contribution in [0.4, 0.5) is 0 Å². The fourth-order valence-electron chi connectivity index (χ4n) is 3.40. The summed E-state index contributed by atoms with van der Waals surface area (Å²) in [7, 11) is 1.60. The maximum Gasteiger partial charge on any atom is 0.278 e. The smallest absolute Gasteiger partial charge is 0.278 e. The molecule has 2 heterocycles. The van der Waals surface area contributed by atoms with E-state index in [0.29, 0.717) is 17.2 Å². The zero-order valence-corrected chi connectivity index (χ0v) is 14.8. The fraction of sp³-hybridized carbons (Fsp3) is 0.400. The molecule has 1 saturated heterocycles. The molecule has 0 bridgehead atoms. The molecule has 3 rings (SSSR count). The molecule has 0 radical (unpaired) electrons. The molecule has 5 heteroatoms. The van der Waals surface area contributed by atoms with Gasteiger partial charge >= 0.3 is 0 Å². The van der Waals surface area contributed by atoms with E-state index in [1.165, 1.54) is 4.90 Å². The van der Waals surface area contributed by atoms with E-state index in [0.717, 1.165) is 37.2 Å². The number of carbonyl (C=O) groups excluding carboxylic acids is 2. The molecular formula is C20H24N2O3. The van der Waals surface area contributed by atoms with Gasteiger partial charge in [-0.1, -0.05) is 25.1 Å². The minimum absolute atomic E-state index is 0.217. The highest BCUT2D eigenvalue weighted by atomic mass is 16.5. The summed E-state index contributed by atoms with van der Waals surface area (Å²) < 4.78 is 5.19. The molecule has 0 aliphatic carbocycles. The summed E-state index contributed by atoms with van der Waals surface area (Å²) in [5, 5.41) is 0. The number of likely N-dealkylation sites (tertiary alicyclic amines) is 1. The van der Waals surface area contributed by atoms with Gasteiger partial charge in [-0.05, 0) is 36.5 Å². The van der Waals surface area contributed by atoms with E-state index in [9.17, 15) is 9.59 Å². The Morgan fingerprint density at radius 2 is 1.80 bits per heavy atom. The highest BCUT2D eigenvalue weighted by molar-refractivity contribution is 6.35. The predicted molar refractivity (Wildman–Crippen MR) is 96.8 cm³/mol. The first-order valence-corrected chi connectivity index (χ1v) is 8.67. The van der Waals surface area contributed by atoms with Crippen molar-refractivity contribution in [3.8, 4) is 5.75 Å². The van der Waals surface area contributed by atoms with Crippen molar-refractivity contribution >= 4 is 17.4 Å². The van der Waals surface area contributed by atoms with Gasteiger partial charge in [-0.25, -0.2) is 0 Å². The summed E-state index contributed by atoms with van der Waals surface area (Å²) in [5.41, 5.74) is 1.77. The van der Waals surface area contributed by atoms with E-state index in [4.69, 9.17) is 4.74 Å². The Bertz CT molecular complexity index is 713. The topological polar surface area (TPSA) is 49.9 Å². The number of ether oxygens (including phenoxy) is 1. The molecule has 1 fully saturated rings. The van der Waals surface area contributed by atoms with Gasteiger partial charge in [-0.15, -0.1) is 6.58 Å². The molecule has 2 amide bonds. The summed E-state index contributed by atoms with van der Waals surface area (Å²) >= 11 is 0. The summed E-state index contributed by atoms with van der Waals surface area (Å²) in [6, 6.07) is 7.30. The molecule has 0 saturated carbocycles. The van der Waals surface area contributed by atoms with E-state index in [1.807, 2.05) is 24.3 Å². The van der Waals surface area contributed by atoms with Crippen LogP contribution < -0.4 is 4.74 Å². The predicted octanol–water partition coefficient (Wildman–Crippen LogP) is 2.69. The van der Waals surface area contributed by atoms with Gasteiger partial charge in [-0.3, -0.25) is 14.5 Å². The monoisotopic (exact) mass is 340 g/mol. The molecule has 0 atom stereocenters. The van der Waals surface area contributed by atoms with Crippen LogP contribution in [0.15, 0.2) is 42.6 Å². The van der Waals surface area contributed by atoms with Crippen LogP contribution in [-0.4, -0.2) is 48.4 Å². The first-order chi connectivity index (χ1) is 12.1. The van der Waals surface area contributed by atoms with Crippen molar-refractivity contribution in [3.05, 3.63) is 48.2 Å². The van der Waals surface area contributed by atoms with Crippen molar-refractivity contribution < 1.29 is 14.3 Å². The second-order valence-electron chi connectivity index (χ2n) is 6.63. The third-order valence-corrected chi connectivity index (χ3v) is 4.93. The quantitative estimate of drug-likeness (QED) is 0.611. The molecule has 25 heavy (non-hydrogen) atoms. The first kappa shape index (κ1) is 17.3. The number of hydrogen-bond acceptors (Lipinski definition) is 4. The summed E-state index contributed by atoms with van der Waals surface area (Å²) in [6.45, 7) is 7.72. The number of benzene rings is 1. The Hall–Kier alpha value is -2.56. The lowest BCUT2D eigenvalue weighted by Crippen LogP contribution is -2.38. The number of carbonyl (C=O) groups is 2. The standard InChI is InChI=1S/C20H24N2O3/c1-4-11-22-19(23)17(15-5-7-16(25-3)8-6-15)18(20(22)24)21-12-9-14(2)10-13-21/h4-8,14H,1,9-13H2,2-3H3. The maximum atomic E-state index is 12.9. The number of rotatable bonds is 5. The van der Waals surface area contributed by atoms with Crippen LogP contribution in [0, 0.1) is 5.92 Å². The van der Waals surface area contributed by atoms with Gasteiger partial charge in [0.2, 0.25) is 0 Å². The van der Waals surface area contributed by atoms with Crippen LogP contribution in [0.5, 0.6) is 5.75 Å². The van der Waals surface area contributed by atoms with Crippen molar-refractivity contribution in [2.45, 2.75) is 19.8 Å². The Morgan fingerprint density at radius 1 is 1.16 bits per heavy atom. The summed E-state index contributed by atoms with van der Waals surface area (Å²) in [4.78, 5) is 29.2. The Morgan fingerprint density at radius 3 is 2.36 bits per heavy atom. The van der Waals surface area contributed by atoms with Crippen LogP contribution in [0.2, 0.25) is 0 Å². The lowest BCUT2D eigenvalue weighted by Gasteiger charge is -2.32. The Balaban J connectivity index is 2.03. The number of amides is 2. The summed E-state index contributed by atoms with van der Waals surface area (Å²) in [5.74, 6) is 0.907. The molecule has 5 nitrogen and oxygen atoms in total. The molecule has 132 valence electrons. The Kier molecular flexibility index (Phi) is 4.93. The zero-order chi connectivity index (χ0) is 18.0. The molecule has 1 aromatic carbocycles. The van der Waals surface area contributed by atoms with E-state index in [2.05, 4.69) is 18.4 Å². The number of piperidine rings is 1. The highest BCUT2D eigenvalue weighted by Gasteiger charge is 2.41. The second-order valence-corrected chi connectivity index (χ2v) is 6.63. The average molecular weight is 340 g/mol. The number of nitrogens with zero attached hydrogens (tertiary/aromatic N) is 2.